The SMILES string of the molecule is Cc1cc(N2CCN(C(=O)CC3CSCCN3)CC2)n2ncnc2n1. The number of piperazine rings is 1. The molecule has 2 aliphatic rings. The van der Waals surface area contributed by atoms with E-state index in [0.717, 1.165) is 55.7 Å². The molecule has 8 nitrogen and oxygen atoms in total. The predicted molar refractivity (Wildman–Crippen MR) is 98.0 cm³/mol. The molecular formula is C16H23N7OS. The van der Waals surface area contributed by atoms with E-state index in [-0.39, 0.29) is 5.91 Å². The van der Waals surface area contributed by atoms with E-state index in [1.165, 1.54) is 6.33 Å². The van der Waals surface area contributed by atoms with E-state index in [1.54, 1.807) is 4.52 Å². The smallest absolute Gasteiger partial charge is 0.254 e. The average Bonchev–Trinajstić information content (AvgIpc) is 3.10. The number of carbonyl (C=O) groups is 1. The number of nitrogens with zero attached hydrogens (tertiary/aromatic N) is 6. The summed E-state index contributed by atoms with van der Waals surface area (Å²) < 4.78 is 1.77. The van der Waals surface area contributed by atoms with E-state index in [2.05, 4.69) is 25.3 Å². The fourth-order valence-corrected chi connectivity index (χ4v) is 4.36. The van der Waals surface area contributed by atoms with Gasteiger partial charge in [0.25, 0.3) is 5.78 Å². The highest BCUT2D eigenvalue weighted by molar-refractivity contribution is 7.99. The number of carbonyl (C=O) groups excluding carboxylic acids is 1. The van der Waals surface area contributed by atoms with Gasteiger partial charge in [-0.05, 0) is 6.92 Å². The van der Waals surface area contributed by atoms with Crippen molar-refractivity contribution in [2.24, 2.45) is 0 Å². The molecule has 134 valence electrons. The number of rotatable bonds is 3. The molecule has 2 aromatic rings. The van der Waals surface area contributed by atoms with Crippen molar-refractivity contribution in [3.63, 3.8) is 0 Å². The van der Waals surface area contributed by atoms with Crippen LogP contribution in [0, 0.1) is 6.92 Å². The summed E-state index contributed by atoms with van der Waals surface area (Å²) in [6, 6.07) is 2.35. The molecule has 0 aliphatic carbocycles. The summed E-state index contributed by atoms with van der Waals surface area (Å²) in [6.07, 6.45) is 2.13. The van der Waals surface area contributed by atoms with Gasteiger partial charge in [0.2, 0.25) is 5.91 Å². The second-order valence-corrected chi connectivity index (χ2v) is 7.68. The van der Waals surface area contributed by atoms with Gasteiger partial charge in [0.15, 0.2) is 0 Å². The van der Waals surface area contributed by atoms with Gasteiger partial charge in [0, 0.05) is 68.5 Å². The minimum Gasteiger partial charge on any atom is -0.353 e. The summed E-state index contributed by atoms with van der Waals surface area (Å²) in [4.78, 5) is 25.4. The van der Waals surface area contributed by atoms with Crippen molar-refractivity contribution in [2.45, 2.75) is 19.4 Å². The van der Waals surface area contributed by atoms with E-state index in [0.29, 0.717) is 18.2 Å². The highest BCUT2D eigenvalue weighted by Gasteiger charge is 2.25. The van der Waals surface area contributed by atoms with Gasteiger partial charge < -0.3 is 15.1 Å². The molecule has 0 spiro atoms. The quantitative estimate of drug-likeness (QED) is 0.835. The van der Waals surface area contributed by atoms with Crippen LogP contribution < -0.4 is 10.2 Å². The number of aromatic nitrogens is 4. The number of thioether (sulfide) groups is 1. The third-order valence-corrected chi connectivity index (χ3v) is 5.87. The maximum atomic E-state index is 12.6. The molecule has 0 bridgehead atoms. The Morgan fingerprint density at radius 2 is 2.20 bits per heavy atom. The summed E-state index contributed by atoms with van der Waals surface area (Å²) >= 11 is 1.93. The fraction of sp³-hybridized carbons (Fsp3) is 0.625. The van der Waals surface area contributed by atoms with Crippen LogP contribution in [0.3, 0.4) is 0 Å². The molecule has 2 saturated heterocycles. The molecule has 4 rings (SSSR count). The topological polar surface area (TPSA) is 78.7 Å². The Morgan fingerprint density at radius 1 is 1.36 bits per heavy atom. The molecule has 1 amide bonds. The van der Waals surface area contributed by atoms with Crippen molar-refractivity contribution in [3.05, 3.63) is 18.1 Å². The molecule has 2 aliphatic heterocycles. The van der Waals surface area contributed by atoms with Crippen LogP contribution in [0.4, 0.5) is 5.82 Å². The number of hydrogen-bond acceptors (Lipinski definition) is 7. The van der Waals surface area contributed by atoms with Crippen LogP contribution in [0.5, 0.6) is 0 Å². The molecular weight excluding hydrogens is 338 g/mol. The van der Waals surface area contributed by atoms with Gasteiger partial charge in [0.1, 0.15) is 12.1 Å². The van der Waals surface area contributed by atoms with E-state index >= 15 is 0 Å². The summed E-state index contributed by atoms with van der Waals surface area (Å²) in [5.74, 6) is 4.06. The first-order chi connectivity index (χ1) is 12.2. The van der Waals surface area contributed by atoms with Gasteiger partial charge in [-0.3, -0.25) is 4.79 Å². The molecule has 0 radical (unpaired) electrons. The highest BCUT2D eigenvalue weighted by atomic mass is 32.2. The van der Waals surface area contributed by atoms with Gasteiger partial charge in [-0.15, -0.1) is 0 Å². The Morgan fingerprint density at radius 3 is 2.96 bits per heavy atom. The second kappa shape index (κ2) is 7.17. The van der Waals surface area contributed by atoms with E-state index in [4.69, 9.17) is 0 Å². The van der Waals surface area contributed by atoms with E-state index in [9.17, 15) is 4.79 Å². The Hall–Kier alpha value is -1.87. The predicted octanol–water partition coefficient (Wildman–Crippen LogP) is 0.176. The van der Waals surface area contributed by atoms with Gasteiger partial charge >= 0.3 is 0 Å². The van der Waals surface area contributed by atoms with Gasteiger partial charge in [-0.1, -0.05) is 0 Å². The first kappa shape index (κ1) is 16.6. The van der Waals surface area contributed by atoms with Crippen LogP contribution in [0.1, 0.15) is 12.1 Å². The molecule has 4 heterocycles. The zero-order valence-electron chi connectivity index (χ0n) is 14.4. The molecule has 0 aromatic carbocycles. The second-order valence-electron chi connectivity index (χ2n) is 6.53. The first-order valence-corrected chi connectivity index (χ1v) is 9.87. The largest absolute Gasteiger partial charge is 0.353 e. The Balaban J connectivity index is 1.39. The van der Waals surface area contributed by atoms with Crippen molar-refractivity contribution < 1.29 is 4.79 Å². The minimum absolute atomic E-state index is 0.261. The zero-order valence-corrected chi connectivity index (χ0v) is 15.2. The minimum atomic E-state index is 0.261. The monoisotopic (exact) mass is 361 g/mol. The Kier molecular flexibility index (Phi) is 4.76. The lowest BCUT2D eigenvalue weighted by atomic mass is 10.2. The number of nitrogens with one attached hydrogen (secondary N) is 1. The van der Waals surface area contributed by atoms with Crippen molar-refractivity contribution in [1.29, 1.82) is 0 Å². The third kappa shape index (κ3) is 3.57. The average molecular weight is 361 g/mol. The number of anilines is 1. The Labute approximate surface area is 151 Å². The van der Waals surface area contributed by atoms with Crippen molar-refractivity contribution in [2.75, 3.05) is 49.1 Å². The lowest BCUT2D eigenvalue weighted by molar-refractivity contribution is -0.131. The maximum Gasteiger partial charge on any atom is 0.254 e. The van der Waals surface area contributed by atoms with Crippen LogP contribution in [-0.2, 0) is 4.79 Å². The molecule has 2 aromatic heterocycles. The maximum absolute atomic E-state index is 12.6. The lowest BCUT2D eigenvalue weighted by Crippen LogP contribution is -2.51. The van der Waals surface area contributed by atoms with Gasteiger partial charge in [0.05, 0.1) is 0 Å². The molecule has 0 saturated carbocycles. The summed E-state index contributed by atoms with van der Waals surface area (Å²) in [5, 5.41) is 7.72. The summed E-state index contributed by atoms with van der Waals surface area (Å²) in [5.41, 5.74) is 0.926. The number of fused-ring (bicyclic) bond motifs is 1. The molecule has 1 N–H and O–H groups in total. The number of aryl methyl sites for hydroxylation is 1. The lowest BCUT2D eigenvalue weighted by Gasteiger charge is -2.36. The van der Waals surface area contributed by atoms with E-state index < -0.39 is 0 Å². The molecule has 25 heavy (non-hydrogen) atoms. The van der Waals surface area contributed by atoms with Crippen LogP contribution in [-0.4, -0.2) is 80.7 Å². The standard InChI is InChI=1S/C16H23N7OS/c1-12-8-14(23-16(20-12)18-11-19-23)21-3-5-22(6-4-21)15(24)9-13-10-25-7-2-17-13/h8,11,13,17H,2-7,9-10H2,1H3. The third-order valence-electron chi connectivity index (χ3n) is 4.74. The van der Waals surface area contributed by atoms with Crippen LogP contribution in [0.15, 0.2) is 12.4 Å². The van der Waals surface area contributed by atoms with E-state index in [1.807, 2.05) is 29.7 Å². The highest BCUT2D eigenvalue weighted by Crippen LogP contribution is 2.19. The summed E-state index contributed by atoms with van der Waals surface area (Å²) in [7, 11) is 0. The van der Waals surface area contributed by atoms with Crippen molar-refractivity contribution in [3.8, 4) is 0 Å². The molecule has 1 atom stereocenters. The fourth-order valence-electron chi connectivity index (χ4n) is 3.41. The number of hydrogen-bond donors (Lipinski definition) is 1. The van der Waals surface area contributed by atoms with Crippen molar-refractivity contribution in [1.82, 2.24) is 29.8 Å². The van der Waals surface area contributed by atoms with Crippen LogP contribution in [0.25, 0.3) is 5.78 Å². The van der Waals surface area contributed by atoms with Crippen LogP contribution >= 0.6 is 11.8 Å². The normalized spacial score (nSPS) is 21.7. The Bertz CT molecular complexity index is 750. The molecule has 2 fully saturated rings. The first-order valence-electron chi connectivity index (χ1n) is 8.72. The molecule has 9 heteroatoms. The van der Waals surface area contributed by atoms with Gasteiger partial charge in [-0.25, -0.2) is 4.98 Å². The zero-order chi connectivity index (χ0) is 17.2. The van der Waals surface area contributed by atoms with Crippen molar-refractivity contribution >= 4 is 29.3 Å². The summed E-state index contributed by atoms with van der Waals surface area (Å²) in [6.45, 7) is 6.07. The molecule has 1 unspecified atom stereocenters. The number of amides is 1. The van der Waals surface area contributed by atoms with Crippen LogP contribution in [0.2, 0.25) is 0 Å². The van der Waals surface area contributed by atoms with Gasteiger partial charge in [-0.2, -0.15) is 26.4 Å².